The van der Waals surface area contributed by atoms with Crippen LogP contribution in [0.15, 0.2) is 42.9 Å². The predicted molar refractivity (Wildman–Crippen MR) is 77.2 cm³/mol. The van der Waals surface area contributed by atoms with E-state index in [4.69, 9.17) is 0 Å². The van der Waals surface area contributed by atoms with E-state index in [1.165, 1.54) is 6.33 Å². The molecule has 0 aliphatic rings. The number of rotatable bonds is 1. The number of nitrogens with one attached hydrogen (secondary N) is 1. The van der Waals surface area contributed by atoms with Crippen molar-refractivity contribution in [1.29, 1.82) is 0 Å². The molecule has 0 aliphatic carbocycles. The van der Waals surface area contributed by atoms with Crippen LogP contribution < -0.4 is 5.32 Å². The number of aromatic hydroxyl groups is 1. The largest absolute Gasteiger partial charge is 0.492 e. The van der Waals surface area contributed by atoms with Gasteiger partial charge in [0, 0.05) is 5.56 Å². The molecule has 0 radical (unpaired) electrons. The molecule has 0 amide bonds. The molecule has 2 aromatic heterocycles. The van der Waals surface area contributed by atoms with Crippen LogP contribution in [-0.2, 0) is 0 Å². The van der Waals surface area contributed by atoms with Gasteiger partial charge in [-0.1, -0.05) is 30.3 Å². The van der Waals surface area contributed by atoms with E-state index >= 15 is 0 Å². The quantitative estimate of drug-likeness (QED) is 0.698. The second-order valence-corrected chi connectivity index (χ2v) is 3.99. The maximum Gasteiger partial charge on any atom is 0.242 e. The van der Waals surface area contributed by atoms with Crippen molar-refractivity contribution in [2.45, 2.75) is 0 Å². The molecule has 102 valence electrons. The average Bonchev–Trinajstić information content (AvgIpc) is 2.49. The molecule has 0 spiro atoms. The standard InChI is InChI=1S/C12H8N4O.C2H7N/c17-12-10-11(14-7-15-12)16-9(6-13-10)8-4-2-1-3-5-8;1-3-2/h1-7H,(H,14,15,16,17);3H,1-2H3. The van der Waals surface area contributed by atoms with Crippen LogP contribution in [0.3, 0.4) is 0 Å². The molecule has 3 aromatic rings. The van der Waals surface area contributed by atoms with E-state index in [0.717, 1.165) is 11.3 Å². The van der Waals surface area contributed by atoms with Gasteiger partial charge in [0.2, 0.25) is 5.88 Å². The molecule has 2 N–H and O–H groups in total. The minimum absolute atomic E-state index is 0.151. The van der Waals surface area contributed by atoms with Gasteiger partial charge >= 0.3 is 0 Å². The molecule has 0 saturated carbocycles. The highest BCUT2D eigenvalue weighted by Gasteiger charge is 2.06. The number of fused-ring (bicyclic) bond motifs is 1. The van der Waals surface area contributed by atoms with Crippen molar-refractivity contribution in [1.82, 2.24) is 25.3 Å². The smallest absolute Gasteiger partial charge is 0.242 e. The van der Waals surface area contributed by atoms with E-state index in [1.54, 1.807) is 6.20 Å². The van der Waals surface area contributed by atoms with Crippen LogP contribution in [0.5, 0.6) is 5.88 Å². The summed E-state index contributed by atoms with van der Waals surface area (Å²) in [7, 11) is 3.75. The van der Waals surface area contributed by atoms with Crippen LogP contribution in [-0.4, -0.2) is 39.1 Å². The molecule has 2 heterocycles. The molecule has 6 heteroatoms. The Kier molecular flexibility index (Phi) is 4.52. The first kappa shape index (κ1) is 13.8. The van der Waals surface area contributed by atoms with E-state index < -0.39 is 0 Å². The molecule has 20 heavy (non-hydrogen) atoms. The summed E-state index contributed by atoms with van der Waals surface area (Å²) in [6.45, 7) is 0. The van der Waals surface area contributed by atoms with Crippen molar-refractivity contribution >= 4 is 11.2 Å². The molecule has 3 rings (SSSR count). The molecule has 0 atom stereocenters. The third kappa shape index (κ3) is 3.04. The normalized spacial score (nSPS) is 9.90. The van der Waals surface area contributed by atoms with Crippen molar-refractivity contribution < 1.29 is 5.11 Å². The Bertz CT molecular complexity index is 687. The first-order chi connectivity index (χ1) is 9.76. The second-order valence-electron chi connectivity index (χ2n) is 3.99. The molecular formula is C14H15N5O. The predicted octanol–water partition coefficient (Wildman–Crippen LogP) is 1.63. The van der Waals surface area contributed by atoms with Gasteiger partial charge in [0.25, 0.3) is 0 Å². The van der Waals surface area contributed by atoms with Gasteiger partial charge in [0.05, 0.1) is 11.9 Å². The van der Waals surface area contributed by atoms with E-state index in [1.807, 2.05) is 44.4 Å². The first-order valence-electron chi connectivity index (χ1n) is 6.07. The van der Waals surface area contributed by atoms with Crippen LogP contribution in [0.25, 0.3) is 22.4 Å². The summed E-state index contributed by atoms with van der Waals surface area (Å²) in [5, 5.41) is 12.2. The van der Waals surface area contributed by atoms with E-state index in [2.05, 4.69) is 25.3 Å². The highest BCUT2D eigenvalue weighted by Crippen LogP contribution is 2.20. The number of benzene rings is 1. The highest BCUT2D eigenvalue weighted by molar-refractivity contribution is 5.77. The summed E-state index contributed by atoms with van der Waals surface area (Å²) in [6.07, 6.45) is 2.86. The van der Waals surface area contributed by atoms with Crippen LogP contribution in [0.2, 0.25) is 0 Å². The Morgan fingerprint density at radius 2 is 1.70 bits per heavy atom. The molecule has 0 aliphatic heterocycles. The van der Waals surface area contributed by atoms with Crippen LogP contribution in [0, 0.1) is 0 Å². The zero-order valence-electron chi connectivity index (χ0n) is 11.3. The van der Waals surface area contributed by atoms with E-state index in [9.17, 15) is 5.11 Å². The van der Waals surface area contributed by atoms with Gasteiger partial charge in [-0.3, -0.25) is 0 Å². The van der Waals surface area contributed by atoms with E-state index in [-0.39, 0.29) is 5.88 Å². The first-order valence-corrected chi connectivity index (χ1v) is 6.07. The summed E-state index contributed by atoms with van der Waals surface area (Å²) in [5.41, 5.74) is 2.38. The zero-order chi connectivity index (χ0) is 14.4. The zero-order valence-corrected chi connectivity index (χ0v) is 11.3. The lowest BCUT2D eigenvalue weighted by Crippen LogP contribution is -1.92. The van der Waals surface area contributed by atoms with Crippen LogP contribution in [0.1, 0.15) is 0 Å². The maximum absolute atomic E-state index is 9.48. The van der Waals surface area contributed by atoms with Gasteiger partial charge in [-0.05, 0) is 14.1 Å². The molecule has 0 unspecified atom stereocenters. The Hall–Kier alpha value is -2.60. The van der Waals surface area contributed by atoms with Gasteiger partial charge < -0.3 is 10.4 Å². The molecular weight excluding hydrogens is 254 g/mol. The van der Waals surface area contributed by atoms with E-state index in [0.29, 0.717) is 11.2 Å². The third-order valence-corrected chi connectivity index (χ3v) is 2.40. The average molecular weight is 269 g/mol. The highest BCUT2D eigenvalue weighted by atomic mass is 16.3. The molecule has 0 saturated heterocycles. The third-order valence-electron chi connectivity index (χ3n) is 2.40. The fourth-order valence-corrected chi connectivity index (χ4v) is 1.57. The van der Waals surface area contributed by atoms with Gasteiger partial charge in [-0.25, -0.2) is 15.0 Å². The number of aromatic nitrogens is 4. The van der Waals surface area contributed by atoms with Gasteiger partial charge in [0.1, 0.15) is 6.33 Å². The Labute approximate surface area is 116 Å². The summed E-state index contributed by atoms with van der Waals surface area (Å²) < 4.78 is 0. The van der Waals surface area contributed by atoms with Crippen LogP contribution >= 0.6 is 0 Å². The second kappa shape index (κ2) is 6.53. The van der Waals surface area contributed by atoms with Crippen molar-refractivity contribution in [3.63, 3.8) is 0 Å². The fourth-order valence-electron chi connectivity index (χ4n) is 1.57. The SMILES string of the molecule is CNC.Oc1ncnc2nc(-c3ccccc3)cnc12. The molecule has 6 nitrogen and oxygen atoms in total. The fraction of sp³-hybridized carbons (Fsp3) is 0.143. The number of hydrogen-bond donors (Lipinski definition) is 2. The molecule has 0 bridgehead atoms. The Morgan fingerprint density at radius 3 is 2.40 bits per heavy atom. The topological polar surface area (TPSA) is 83.8 Å². The van der Waals surface area contributed by atoms with Crippen molar-refractivity contribution in [3.8, 4) is 17.1 Å². The lowest BCUT2D eigenvalue weighted by Gasteiger charge is -2.01. The van der Waals surface area contributed by atoms with Gasteiger partial charge in [-0.2, -0.15) is 4.98 Å². The van der Waals surface area contributed by atoms with Crippen molar-refractivity contribution in [2.24, 2.45) is 0 Å². The summed E-state index contributed by atoms with van der Waals surface area (Å²) in [6, 6.07) is 9.68. The maximum atomic E-state index is 9.48. The minimum atomic E-state index is -0.151. The summed E-state index contributed by atoms with van der Waals surface area (Å²) in [5.74, 6) is -0.151. The number of hydrogen-bond acceptors (Lipinski definition) is 6. The van der Waals surface area contributed by atoms with Gasteiger partial charge in [0.15, 0.2) is 11.2 Å². The molecule has 0 fully saturated rings. The van der Waals surface area contributed by atoms with Crippen LogP contribution in [0.4, 0.5) is 0 Å². The lowest BCUT2D eigenvalue weighted by atomic mass is 10.2. The van der Waals surface area contributed by atoms with Gasteiger partial charge in [-0.15, -0.1) is 0 Å². The Balaban J connectivity index is 0.000000452. The lowest BCUT2D eigenvalue weighted by molar-refractivity contribution is 0.457. The summed E-state index contributed by atoms with van der Waals surface area (Å²) in [4.78, 5) is 16.1. The minimum Gasteiger partial charge on any atom is -0.492 e. The van der Waals surface area contributed by atoms with Crippen molar-refractivity contribution in [2.75, 3.05) is 14.1 Å². The number of nitrogens with zero attached hydrogens (tertiary/aromatic N) is 4. The monoisotopic (exact) mass is 269 g/mol. The summed E-state index contributed by atoms with van der Waals surface area (Å²) >= 11 is 0. The van der Waals surface area contributed by atoms with Crippen molar-refractivity contribution in [3.05, 3.63) is 42.9 Å². The molecule has 1 aromatic carbocycles. The Morgan fingerprint density at radius 1 is 1.00 bits per heavy atom.